The predicted octanol–water partition coefficient (Wildman–Crippen LogP) is -0.815. The molecular formula is HCl3LaLi. The van der Waals surface area contributed by atoms with Gasteiger partial charge in [0, 0.05) is 0 Å². The van der Waals surface area contributed by atoms with Gasteiger partial charge in [-0.2, -0.15) is 0 Å². The van der Waals surface area contributed by atoms with Crippen molar-refractivity contribution in [3.05, 3.63) is 0 Å². The fraction of sp³-hybridized carbons (Fsp3) is 0. The summed E-state index contributed by atoms with van der Waals surface area (Å²) in [6.07, 6.45) is 0. The summed E-state index contributed by atoms with van der Waals surface area (Å²) in [6.45, 7) is 15.1. The van der Waals surface area contributed by atoms with Crippen molar-refractivity contribution in [3.8, 4) is 0 Å². The van der Waals surface area contributed by atoms with Crippen LogP contribution >= 0.6 is 20.4 Å². The first-order valence-corrected chi connectivity index (χ1v) is 14.3. The van der Waals surface area contributed by atoms with E-state index < -0.39 is 25.7 Å². The summed E-state index contributed by atoms with van der Waals surface area (Å²) in [5, 5.41) is 0. The molecule has 0 heterocycles. The molecule has 0 aliphatic carbocycles. The van der Waals surface area contributed by atoms with Gasteiger partial charge in [-0.05, 0) is 0 Å². The number of hydrogen-bond acceptors (Lipinski definition) is 0. The van der Waals surface area contributed by atoms with Gasteiger partial charge in [0.05, 0.1) is 0 Å². The van der Waals surface area contributed by atoms with Crippen LogP contribution in [0.1, 0.15) is 1.43 Å². The standard InChI is InChI=1S/3ClH.La.Li.H/h3*1H;;;/q;;;+3;+1;-1/p-3. The minimum atomic E-state index is -2.31. The molecule has 0 aromatic rings. The van der Waals surface area contributed by atoms with Crippen molar-refractivity contribution in [1.29, 1.82) is 0 Å². The zero-order valence-electron chi connectivity index (χ0n) is 3.71. The molecule has 0 spiro atoms. The maximum absolute atomic E-state index is 5.03. The van der Waals surface area contributed by atoms with Crippen LogP contribution in [-0.4, -0.2) is 0 Å². The molecule has 5 heavy (non-hydrogen) atoms. The predicted molar refractivity (Wildman–Crippen MR) is 18.7 cm³/mol. The molecule has 0 atom stereocenters. The average Bonchev–Trinajstić information content (AvgIpc) is 0.811. The first-order valence-electron chi connectivity index (χ1n) is 0.655. The minimum absolute atomic E-state index is 0. The summed E-state index contributed by atoms with van der Waals surface area (Å²) in [5.74, 6) is 0. The molecule has 0 unspecified atom stereocenters. The van der Waals surface area contributed by atoms with Crippen molar-refractivity contribution >= 4 is 20.4 Å². The molecule has 0 N–H and O–H groups in total. The van der Waals surface area contributed by atoms with Gasteiger partial charge in [0.25, 0.3) is 0 Å². The molecule has 0 bridgehead atoms. The molecule has 0 nitrogen and oxygen atoms in total. The van der Waals surface area contributed by atoms with Gasteiger partial charge in [-0.1, -0.05) is 0 Å². The molecule has 0 radical (unpaired) electrons. The van der Waals surface area contributed by atoms with E-state index in [1.54, 1.807) is 0 Å². The molecule has 0 aliphatic rings. The third-order valence-electron chi connectivity index (χ3n) is 0. The van der Waals surface area contributed by atoms with Gasteiger partial charge in [-0.3, -0.25) is 0 Å². The molecular weight excluding hydrogens is 252 g/mol. The van der Waals surface area contributed by atoms with Crippen molar-refractivity contribution in [2.45, 2.75) is 0 Å². The van der Waals surface area contributed by atoms with E-state index in [1.807, 2.05) is 0 Å². The van der Waals surface area contributed by atoms with Crippen LogP contribution in [0, 0.1) is 25.7 Å². The average molecular weight is 253 g/mol. The van der Waals surface area contributed by atoms with E-state index in [-0.39, 0.29) is 20.3 Å². The van der Waals surface area contributed by atoms with Crippen LogP contribution < -0.4 is 18.9 Å². The normalized spacial score (nSPS) is 5.40. The Morgan fingerprint density at radius 2 is 1.20 bits per heavy atom. The fourth-order valence-corrected chi connectivity index (χ4v) is 0. The van der Waals surface area contributed by atoms with Crippen molar-refractivity contribution in [1.82, 2.24) is 0 Å². The second-order valence-electron chi connectivity index (χ2n) is 0.247. The molecule has 0 saturated heterocycles. The number of halogens is 3. The molecule has 26 valence electrons. The Morgan fingerprint density at radius 1 is 1.20 bits per heavy atom. The van der Waals surface area contributed by atoms with E-state index in [0.29, 0.717) is 0 Å². The van der Waals surface area contributed by atoms with Gasteiger partial charge in [0.15, 0.2) is 0 Å². The zero-order chi connectivity index (χ0) is 3.58. The first-order chi connectivity index (χ1) is 1.73. The van der Waals surface area contributed by atoms with Crippen LogP contribution in [0.15, 0.2) is 0 Å². The van der Waals surface area contributed by atoms with E-state index in [4.69, 9.17) is 20.4 Å². The van der Waals surface area contributed by atoms with E-state index in [1.165, 1.54) is 0 Å². The van der Waals surface area contributed by atoms with E-state index in [2.05, 4.69) is 0 Å². The van der Waals surface area contributed by atoms with Crippen LogP contribution in [0.5, 0.6) is 0 Å². The topological polar surface area (TPSA) is 0 Å². The number of rotatable bonds is 0. The van der Waals surface area contributed by atoms with Crippen LogP contribution in [0.3, 0.4) is 0 Å². The summed E-state index contributed by atoms with van der Waals surface area (Å²) in [7, 11) is 0. The summed E-state index contributed by atoms with van der Waals surface area (Å²) in [6, 6.07) is 0. The van der Waals surface area contributed by atoms with Crippen molar-refractivity contribution in [3.63, 3.8) is 0 Å². The molecule has 0 fully saturated rings. The Hall–Kier alpha value is 2.66. The zero-order valence-corrected chi connectivity index (χ0v) is 8.60. The first kappa shape index (κ1) is 10.6. The van der Waals surface area contributed by atoms with E-state index >= 15 is 0 Å². The van der Waals surface area contributed by atoms with Crippen LogP contribution in [0.2, 0.25) is 0 Å². The van der Waals surface area contributed by atoms with Gasteiger partial charge < -0.3 is 1.43 Å². The van der Waals surface area contributed by atoms with Gasteiger partial charge in [-0.25, -0.2) is 0 Å². The van der Waals surface area contributed by atoms with Crippen molar-refractivity contribution in [2.75, 3.05) is 0 Å². The largest absolute Gasteiger partial charge is 1.00 e. The summed E-state index contributed by atoms with van der Waals surface area (Å²) in [5.41, 5.74) is 0. The van der Waals surface area contributed by atoms with Crippen LogP contribution in [0.4, 0.5) is 0 Å². The Kier molecular flexibility index (Phi) is 14.1. The molecule has 0 aliphatic heterocycles. The molecule has 0 amide bonds. The SMILES string of the molecule is [Cl][La]([Cl])[Cl].[H-].[Li+]. The van der Waals surface area contributed by atoms with Gasteiger partial charge in [0.2, 0.25) is 0 Å². The molecule has 0 aromatic heterocycles. The Morgan fingerprint density at radius 3 is 1.20 bits per heavy atom. The van der Waals surface area contributed by atoms with E-state index in [0.717, 1.165) is 0 Å². The molecule has 0 saturated carbocycles. The van der Waals surface area contributed by atoms with Crippen LogP contribution in [0.25, 0.3) is 0 Å². The van der Waals surface area contributed by atoms with Gasteiger partial charge in [0.1, 0.15) is 0 Å². The van der Waals surface area contributed by atoms with Gasteiger partial charge in [-0.15, -0.1) is 0 Å². The quantitative estimate of drug-likeness (QED) is 0.495. The summed E-state index contributed by atoms with van der Waals surface area (Å²) < 4.78 is 0. The summed E-state index contributed by atoms with van der Waals surface area (Å²) in [4.78, 5) is 0. The van der Waals surface area contributed by atoms with Gasteiger partial charge >= 0.3 is 64.9 Å². The third-order valence-corrected chi connectivity index (χ3v) is 0. The maximum atomic E-state index is 5.03. The van der Waals surface area contributed by atoms with E-state index in [9.17, 15) is 0 Å². The molecule has 0 rings (SSSR count). The fourth-order valence-electron chi connectivity index (χ4n) is 0. The maximum Gasteiger partial charge on any atom is 1.00 e. The second kappa shape index (κ2) is 6.66. The van der Waals surface area contributed by atoms with Crippen molar-refractivity contribution in [2.24, 2.45) is 0 Å². The number of hydrogen-bond donors (Lipinski definition) is 0. The van der Waals surface area contributed by atoms with Crippen LogP contribution in [-0.2, 0) is 0 Å². The Labute approximate surface area is 64.9 Å². The third kappa shape index (κ3) is 20.4. The molecule has 0 aromatic carbocycles. The monoisotopic (exact) mass is 252 g/mol. The molecule has 5 heteroatoms. The second-order valence-corrected chi connectivity index (χ2v) is 16.2. The van der Waals surface area contributed by atoms with Crippen molar-refractivity contribution < 1.29 is 45.9 Å². The Balaban J connectivity index is -0.0000000450. The summed E-state index contributed by atoms with van der Waals surface area (Å²) >= 11 is -2.31. The smallest absolute Gasteiger partial charge is 1.00 e. The minimum Gasteiger partial charge on any atom is -1.00 e. The Bertz CT molecular complexity index is 15.5.